The number of aromatic nitrogens is 3. The van der Waals surface area contributed by atoms with Crippen LogP contribution in [0.25, 0.3) is 5.69 Å². The van der Waals surface area contributed by atoms with E-state index in [1.165, 1.54) is 4.88 Å². The number of hydrogen-bond acceptors (Lipinski definition) is 5. The Hall–Kier alpha value is -2.51. The van der Waals surface area contributed by atoms with Crippen LogP contribution in [0.4, 0.5) is 0 Å². The van der Waals surface area contributed by atoms with Gasteiger partial charge in [0.1, 0.15) is 5.69 Å². The maximum Gasteiger partial charge on any atom is 0.248 e. The summed E-state index contributed by atoms with van der Waals surface area (Å²) in [6.07, 6.45) is 0.717. The second-order valence-corrected chi connectivity index (χ2v) is 5.80. The van der Waals surface area contributed by atoms with Gasteiger partial charge in [0, 0.05) is 23.4 Å². The standard InChI is InChI=1S/C15H15N5OS/c16-9-13-14(8-12-2-1-7-22-12)20(19-18-13)11-5-3-10(4-6-11)15(17)21/h1-7H,8-9,16H2,(H2,17,21). The van der Waals surface area contributed by atoms with Gasteiger partial charge in [-0.1, -0.05) is 11.3 Å². The molecule has 0 aliphatic carbocycles. The van der Waals surface area contributed by atoms with Gasteiger partial charge in [-0.3, -0.25) is 4.79 Å². The van der Waals surface area contributed by atoms with Crippen molar-refractivity contribution in [2.24, 2.45) is 11.5 Å². The first-order valence-electron chi connectivity index (χ1n) is 6.75. The Labute approximate surface area is 131 Å². The zero-order valence-corrected chi connectivity index (χ0v) is 12.6. The fourth-order valence-corrected chi connectivity index (χ4v) is 2.93. The molecule has 3 rings (SSSR count). The zero-order chi connectivity index (χ0) is 15.5. The van der Waals surface area contributed by atoms with Crippen molar-refractivity contribution < 1.29 is 4.79 Å². The third kappa shape index (κ3) is 2.76. The molecule has 0 fully saturated rings. The first kappa shape index (κ1) is 14.4. The maximum absolute atomic E-state index is 11.2. The summed E-state index contributed by atoms with van der Waals surface area (Å²) in [5, 5.41) is 10.4. The Kier molecular flexibility index (Phi) is 3.99. The lowest BCUT2D eigenvalue weighted by Gasteiger charge is -2.07. The van der Waals surface area contributed by atoms with Gasteiger partial charge in [-0.2, -0.15) is 0 Å². The van der Waals surface area contributed by atoms with Gasteiger partial charge in [0.15, 0.2) is 0 Å². The largest absolute Gasteiger partial charge is 0.366 e. The van der Waals surface area contributed by atoms with Crippen molar-refractivity contribution in [2.75, 3.05) is 0 Å². The number of nitrogens with two attached hydrogens (primary N) is 2. The van der Waals surface area contributed by atoms with Gasteiger partial charge in [0.05, 0.1) is 11.4 Å². The minimum Gasteiger partial charge on any atom is -0.366 e. The Balaban J connectivity index is 1.99. The third-order valence-electron chi connectivity index (χ3n) is 3.36. The summed E-state index contributed by atoms with van der Waals surface area (Å²) in [4.78, 5) is 12.4. The number of amides is 1. The number of hydrogen-bond donors (Lipinski definition) is 2. The van der Waals surface area contributed by atoms with Crippen molar-refractivity contribution in [3.63, 3.8) is 0 Å². The van der Waals surface area contributed by atoms with Crippen LogP contribution in [0.1, 0.15) is 26.6 Å². The Morgan fingerprint density at radius 1 is 1.23 bits per heavy atom. The summed E-state index contributed by atoms with van der Waals surface area (Å²) < 4.78 is 1.76. The molecule has 2 aromatic heterocycles. The summed E-state index contributed by atoms with van der Waals surface area (Å²) in [5.41, 5.74) is 14.0. The fourth-order valence-electron chi connectivity index (χ4n) is 2.22. The van der Waals surface area contributed by atoms with Crippen LogP contribution in [0.3, 0.4) is 0 Å². The molecule has 0 atom stereocenters. The van der Waals surface area contributed by atoms with Crippen LogP contribution in [0, 0.1) is 0 Å². The summed E-state index contributed by atoms with van der Waals surface area (Å²) in [7, 11) is 0. The van der Waals surface area contributed by atoms with Crippen molar-refractivity contribution in [3.8, 4) is 5.69 Å². The topological polar surface area (TPSA) is 99.8 Å². The molecule has 0 saturated carbocycles. The smallest absolute Gasteiger partial charge is 0.248 e. The normalized spacial score (nSPS) is 10.8. The van der Waals surface area contributed by atoms with Crippen molar-refractivity contribution >= 4 is 17.2 Å². The fraction of sp³-hybridized carbons (Fsp3) is 0.133. The van der Waals surface area contributed by atoms with Gasteiger partial charge in [0.2, 0.25) is 5.91 Å². The third-order valence-corrected chi connectivity index (χ3v) is 4.23. The Morgan fingerprint density at radius 2 is 2.00 bits per heavy atom. The lowest BCUT2D eigenvalue weighted by Crippen LogP contribution is -2.11. The van der Waals surface area contributed by atoms with E-state index in [0.717, 1.165) is 23.5 Å². The van der Waals surface area contributed by atoms with Crippen molar-refractivity contribution in [1.82, 2.24) is 15.0 Å². The summed E-state index contributed by atoms with van der Waals surface area (Å²) in [5.74, 6) is -0.452. The van der Waals surface area contributed by atoms with E-state index < -0.39 is 5.91 Å². The molecular weight excluding hydrogens is 298 g/mol. The number of carbonyl (C=O) groups excluding carboxylic acids is 1. The molecule has 0 unspecified atom stereocenters. The Bertz CT molecular complexity index is 777. The van der Waals surface area contributed by atoms with Crippen molar-refractivity contribution in [3.05, 3.63) is 63.6 Å². The van der Waals surface area contributed by atoms with Crippen LogP contribution in [0.15, 0.2) is 41.8 Å². The molecule has 3 aromatic rings. The van der Waals surface area contributed by atoms with E-state index in [-0.39, 0.29) is 0 Å². The van der Waals surface area contributed by atoms with E-state index in [9.17, 15) is 4.79 Å². The molecule has 22 heavy (non-hydrogen) atoms. The van der Waals surface area contributed by atoms with Crippen LogP contribution >= 0.6 is 11.3 Å². The van der Waals surface area contributed by atoms with E-state index >= 15 is 0 Å². The first-order chi connectivity index (χ1) is 10.7. The van der Waals surface area contributed by atoms with Crippen LogP contribution in [0.5, 0.6) is 0 Å². The highest BCUT2D eigenvalue weighted by molar-refractivity contribution is 7.09. The lowest BCUT2D eigenvalue weighted by molar-refractivity contribution is 0.100. The van der Waals surface area contributed by atoms with Crippen molar-refractivity contribution in [1.29, 1.82) is 0 Å². The monoisotopic (exact) mass is 313 g/mol. The highest BCUT2D eigenvalue weighted by Crippen LogP contribution is 2.20. The number of carbonyl (C=O) groups is 1. The Morgan fingerprint density at radius 3 is 2.59 bits per heavy atom. The van der Waals surface area contributed by atoms with Gasteiger partial charge in [-0.25, -0.2) is 4.68 Å². The van der Waals surface area contributed by atoms with Crippen LogP contribution in [-0.4, -0.2) is 20.9 Å². The number of rotatable bonds is 5. The molecule has 0 aliphatic heterocycles. The molecule has 1 amide bonds. The number of thiophene rings is 1. The first-order valence-corrected chi connectivity index (χ1v) is 7.63. The molecule has 7 heteroatoms. The average molecular weight is 313 g/mol. The number of benzene rings is 1. The predicted molar refractivity (Wildman–Crippen MR) is 84.9 cm³/mol. The highest BCUT2D eigenvalue weighted by Gasteiger charge is 2.14. The molecule has 0 aliphatic rings. The van der Waals surface area contributed by atoms with Gasteiger partial charge < -0.3 is 11.5 Å². The SMILES string of the molecule is NCc1nnn(-c2ccc(C(N)=O)cc2)c1Cc1cccs1. The quantitative estimate of drug-likeness (QED) is 0.745. The number of primary amides is 1. The van der Waals surface area contributed by atoms with Gasteiger partial charge in [-0.05, 0) is 35.7 Å². The van der Waals surface area contributed by atoms with E-state index in [1.54, 1.807) is 40.3 Å². The average Bonchev–Trinajstić information content (AvgIpc) is 3.17. The van der Waals surface area contributed by atoms with Crippen molar-refractivity contribution in [2.45, 2.75) is 13.0 Å². The molecule has 6 nitrogen and oxygen atoms in total. The number of nitrogens with zero attached hydrogens (tertiary/aromatic N) is 3. The van der Waals surface area contributed by atoms with Gasteiger partial charge in [-0.15, -0.1) is 16.4 Å². The van der Waals surface area contributed by atoms with Gasteiger partial charge >= 0.3 is 0 Å². The maximum atomic E-state index is 11.2. The molecule has 112 valence electrons. The molecule has 2 heterocycles. The molecule has 1 aromatic carbocycles. The minimum absolute atomic E-state index is 0.333. The van der Waals surface area contributed by atoms with Crippen LogP contribution < -0.4 is 11.5 Å². The summed E-state index contributed by atoms with van der Waals surface area (Å²) >= 11 is 1.68. The summed E-state index contributed by atoms with van der Waals surface area (Å²) in [6.45, 7) is 0.333. The van der Waals surface area contributed by atoms with Crippen LogP contribution in [0.2, 0.25) is 0 Å². The van der Waals surface area contributed by atoms with Crippen LogP contribution in [-0.2, 0) is 13.0 Å². The predicted octanol–water partition coefficient (Wildman–Crippen LogP) is 1.48. The minimum atomic E-state index is -0.452. The second-order valence-electron chi connectivity index (χ2n) is 4.77. The molecule has 0 bridgehead atoms. The van der Waals surface area contributed by atoms with E-state index in [0.29, 0.717) is 12.1 Å². The highest BCUT2D eigenvalue weighted by atomic mass is 32.1. The zero-order valence-electron chi connectivity index (χ0n) is 11.8. The van der Waals surface area contributed by atoms with Gasteiger partial charge in [0.25, 0.3) is 0 Å². The summed E-state index contributed by atoms with van der Waals surface area (Å²) in [6, 6.07) is 11.0. The second kappa shape index (κ2) is 6.08. The van der Waals surface area contributed by atoms with E-state index in [2.05, 4.69) is 16.4 Å². The molecule has 0 spiro atoms. The molecule has 0 radical (unpaired) electrons. The lowest BCUT2D eigenvalue weighted by atomic mass is 10.1. The molecule has 0 saturated heterocycles. The van der Waals surface area contributed by atoms with E-state index in [1.807, 2.05) is 11.4 Å². The molecular formula is C15H15N5OS. The molecule has 4 N–H and O–H groups in total. The van der Waals surface area contributed by atoms with E-state index in [4.69, 9.17) is 11.5 Å².